The lowest BCUT2D eigenvalue weighted by Crippen LogP contribution is -2.31. The van der Waals surface area contributed by atoms with E-state index in [4.69, 9.17) is 11.6 Å². The molecule has 0 unspecified atom stereocenters. The first kappa shape index (κ1) is 20.1. The van der Waals surface area contributed by atoms with Crippen LogP contribution in [0.1, 0.15) is 15.4 Å². The molecular formula is C21H18ClN5O2S. The number of carbonyl (C=O) groups excluding carboxylic acids is 1. The molecular weight excluding hydrogens is 422 g/mol. The molecule has 1 N–H and O–H groups in total. The van der Waals surface area contributed by atoms with Crippen molar-refractivity contribution in [2.75, 3.05) is 6.54 Å². The number of benzene rings is 1. The van der Waals surface area contributed by atoms with Crippen molar-refractivity contribution in [2.24, 2.45) is 0 Å². The molecule has 9 heteroatoms. The third kappa shape index (κ3) is 4.34. The number of amides is 1. The minimum Gasteiger partial charge on any atom is -0.349 e. The Morgan fingerprint density at radius 1 is 1.13 bits per heavy atom. The highest BCUT2D eigenvalue weighted by Crippen LogP contribution is 2.21. The van der Waals surface area contributed by atoms with Gasteiger partial charge in [-0.1, -0.05) is 35.1 Å². The summed E-state index contributed by atoms with van der Waals surface area (Å²) < 4.78 is 3.20. The van der Waals surface area contributed by atoms with Crippen LogP contribution >= 0.6 is 22.9 Å². The Kier molecular flexibility index (Phi) is 5.78. The fraction of sp³-hybridized carbons (Fsp3) is 0.143. The first-order valence-corrected chi connectivity index (χ1v) is 10.4. The average Bonchev–Trinajstić information content (AvgIpc) is 3.40. The van der Waals surface area contributed by atoms with Crippen molar-refractivity contribution in [3.05, 3.63) is 86.9 Å². The van der Waals surface area contributed by atoms with Crippen LogP contribution in [0.25, 0.3) is 16.4 Å². The van der Waals surface area contributed by atoms with Gasteiger partial charge in [0.05, 0.1) is 17.9 Å². The molecule has 1 amide bonds. The number of carbonyl (C=O) groups is 1. The lowest BCUT2D eigenvalue weighted by atomic mass is 10.1. The fourth-order valence-electron chi connectivity index (χ4n) is 2.90. The second-order valence-corrected chi connectivity index (χ2v) is 7.96. The average molecular weight is 440 g/mol. The Hall–Kier alpha value is -3.23. The van der Waals surface area contributed by atoms with Crippen LogP contribution in [-0.4, -0.2) is 31.8 Å². The molecule has 0 bridgehead atoms. The summed E-state index contributed by atoms with van der Waals surface area (Å²) in [5, 5.41) is 8.60. The van der Waals surface area contributed by atoms with Gasteiger partial charge < -0.3 is 9.88 Å². The molecule has 0 radical (unpaired) electrons. The normalized spacial score (nSPS) is 10.9. The SMILES string of the molecule is Cc1nc(-n2cccc2)sc1C(=O)NCCn1nc(-c2ccc(Cl)cc2)ccc1=O. The molecule has 0 saturated carbocycles. The zero-order valence-electron chi connectivity index (χ0n) is 16.1. The number of hydrogen-bond donors (Lipinski definition) is 1. The standard InChI is InChI=1S/C21H18ClN5O2S/c1-14-19(30-21(24-14)26-11-2-3-12-26)20(29)23-10-13-27-18(28)9-8-17(25-27)15-4-6-16(22)7-5-15/h2-9,11-12H,10,13H2,1H3,(H,23,29). The van der Waals surface area contributed by atoms with Gasteiger partial charge >= 0.3 is 0 Å². The number of aryl methyl sites for hydroxylation is 1. The molecule has 1 aromatic carbocycles. The molecule has 0 aliphatic rings. The van der Waals surface area contributed by atoms with Crippen LogP contribution in [0.15, 0.2) is 65.7 Å². The number of nitrogens with one attached hydrogen (secondary N) is 1. The highest BCUT2D eigenvalue weighted by Gasteiger charge is 2.15. The van der Waals surface area contributed by atoms with Crippen LogP contribution in [0.5, 0.6) is 0 Å². The zero-order chi connectivity index (χ0) is 21.1. The summed E-state index contributed by atoms with van der Waals surface area (Å²) in [6.07, 6.45) is 3.76. The van der Waals surface area contributed by atoms with Crippen molar-refractivity contribution in [2.45, 2.75) is 13.5 Å². The molecule has 0 aliphatic carbocycles. The molecule has 0 fully saturated rings. The third-order valence-corrected chi connectivity index (χ3v) is 5.85. The lowest BCUT2D eigenvalue weighted by Gasteiger charge is -2.08. The van der Waals surface area contributed by atoms with Gasteiger partial charge in [-0.3, -0.25) is 9.59 Å². The predicted octanol–water partition coefficient (Wildman–Crippen LogP) is 3.55. The van der Waals surface area contributed by atoms with Gasteiger partial charge in [0.2, 0.25) is 0 Å². The predicted molar refractivity (Wildman–Crippen MR) is 117 cm³/mol. The molecule has 3 heterocycles. The van der Waals surface area contributed by atoms with E-state index < -0.39 is 0 Å². The van der Waals surface area contributed by atoms with E-state index in [1.165, 1.54) is 22.1 Å². The summed E-state index contributed by atoms with van der Waals surface area (Å²) in [5.41, 5.74) is 1.95. The van der Waals surface area contributed by atoms with Crippen LogP contribution in [0.4, 0.5) is 0 Å². The van der Waals surface area contributed by atoms with Crippen LogP contribution in [0, 0.1) is 6.92 Å². The Morgan fingerprint density at radius 3 is 2.60 bits per heavy atom. The number of thiazole rings is 1. The van der Waals surface area contributed by atoms with Crippen molar-refractivity contribution in [1.29, 1.82) is 0 Å². The molecule has 4 rings (SSSR count). The van der Waals surface area contributed by atoms with Crippen molar-refractivity contribution in [1.82, 2.24) is 24.6 Å². The third-order valence-electron chi connectivity index (χ3n) is 4.43. The fourth-order valence-corrected chi connectivity index (χ4v) is 3.98. The van der Waals surface area contributed by atoms with E-state index in [0.29, 0.717) is 21.3 Å². The van der Waals surface area contributed by atoms with E-state index in [9.17, 15) is 9.59 Å². The highest BCUT2D eigenvalue weighted by molar-refractivity contribution is 7.16. The van der Waals surface area contributed by atoms with Crippen LogP contribution in [0.3, 0.4) is 0 Å². The first-order chi connectivity index (χ1) is 14.5. The minimum atomic E-state index is -0.231. The quantitative estimate of drug-likeness (QED) is 0.498. The summed E-state index contributed by atoms with van der Waals surface area (Å²) in [4.78, 5) is 29.7. The summed E-state index contributed by atoms with van der Waals surface area (Å²) in [5.74, 6) is -0.217. The van der Waals surface area contributed by atoms with Gasteiger partial charge in [0.1, 0.15) is 4.88 Å². The van der Waals surface area contributed by atoms with E-state index in [1.807, 2.05) is 41.2 Å². The largest absolute Gasteiger partial charge is 0.349 e. The second-order valence-electron chi connectivity index (χ2n) is 6.54. The maximum atomic E-state index is 12.6. The number of rotatable bonds is 6. The Bertz CT molecular complexity index is 1230. The van der Waals surface area contributed by atoms with Gasteiger partial charge in [0.25, 0.3) is 11.5 Å². The Labute approximate surface area is 181 Å². The maximum Gasteiger partial charge on any atom is 0.266 e. The maximum absolute atomic E-state index is 12.6. The monoisotopic (exact) mass is 439 g/mol. The van der Waals surface area contributed by atoms with Gasteiger partial charge in [-0.2, -0.15) is 5.10 Å². The summed E-state index contributed by atoms with van der Waals surface area (Å²) in [6, 6.07) is 14.2. The van der Waals surface area contributed by atoms with Crippen LogP contribution < -0.4 is 10.9 Å². The molecule has 30 heavy (non-hydrogen) atoms. The lowest BCUT2D eigenvalue weighted by molar-refractivity contribution is 0.0955. The number of nitrogens with zero attached hydrogens (tertiary/aromatic N) is 4. The molecule has 4 aromatic rings. The summed E-state index contributed by atoms with van der Waals surface area (Å²) >= 11 is 7.25. The van der Waals surface area contributed by atoms with Crippen LogP contribution in [-0.2, 0) is 6.54 Å². The van der Waals surface area contributed by atoms with Crippen molar-refractivity contribution in [3.63, 3.8) is 0 Å². The summed E-state index contributed by atoms with van der Waals surface area (Å²) in [6.45, 7) is 2.33. The smallest absolute Gasteiger partial charge is 0.266 e. The zero-order valence-corrected chi connectivity index (χ0v) is 17.7. The number of hydrogen-bond acceptors (Lipinski definition) is 5. The van der Waals surface area contributed by atoms with Gasteiger partial charge in [-0.05, 0) is 37.3 Å². The molecule has 152 valence electrons. The summed E-state index contributed by atoms with van der Waals surface area (Å²) in [7, 11) is 0. The van der Waals surface area contributed by atoms with Gasteiger partial charge in [0, 0.05) is 35.6 Å². The van der Waals surface area contributed by atoms with Crippen molar-refractivity contribution in [3.8, 4) is 16.4 Å². The van der Waals surface area contributed by atoms with Gasteiger partial charge in [0.15, 0.2) is 5.13 Å². The topological polar surface area (TPSA) is 81.8 Å². The number of aromatic nitrogens is 4. The Balaban J connectivity index is 1.43. The van der Waals surface area contributed by atoms with E-state index >= 15 is 0 Å². The molecule has 7 nitrogen and oxygen atoms in total. The Morgan fingerprint density at radius 2 is 1.87 bits per heavy atom. The van der Waals surface area contributed by atoms with E-state index in [2.05, 4.69) is 15.4 Å². The van der Waals surface area contributed by atoms with E-state index in [1.54, 1.807) is 25.1 Å². The molecule has 0 saturated heterocycles. The highest BCUT2D eigenvalue weighted by atomic mass is 35.5. The minimum absolute atomic E-state index is 0.217. The second kappa shape index (κ2) is 8.64. The van der Waals surface area contributed by atoms with Crippen molar-refractivity contribution >= 4 is 28.8 Å². The molecule has 3 aromatic heterocycles. The molecule has 0 atom stereocenters. The molecule has 0 spiro atoms. The van der Waals surface area contributed by atoms with Crippen LogP contribution in [0.2, 0.25) is 5.02 Å². The molecule has 0 aliphatic heterocycles. The van der Waals surface area contributed by atoms with Crippen molar-refractivity contribution < 1.29 is 4.79 Å². The van der Waals surface area contributed by atoms with Gasteiger partial charge in [-0.25, -0.2) is 9.67 Å². The van der Waals surface area contributed by atoms with E-state index in [-0.39, 0.29) is 24.6 Å². The number of halogens is 1. The van der Waals surface area contributed by atoms with Gasteiger partial charge in [-0.15, -0.1) is 0 Å². The van der Waals surface area contributed by atoms with E-state index in [0.717, 1.165) is 10.7 Å². The first-order valence-electron chi connectivity index (χ1n) is 9.24.